The molecule has 1 heterocycles. The first-order valence-corrected chi connectivity index (χ1v) is 16.8. The summed E-state index contributed by atoms with van der Waals surface area (Å²) in [6.07, 6.45) is 9.57. The van der Waals surface area contributed by atoms with Gasteiger partial charge in [-0.05, 0) is 0 Å². The van der Waals surface area contributed by atoms with Gasteiger partial charge >= 0.3 is 147 Å². The zero-order valence-corrected chi connectivity index (χ0v) is 18.3. The second-order valence-corrected chi connectivity index (χ2v) is 19.7. The Bertz CT molecular complexity index is 454. The van der Waals surface area contributed by atoms with E-state index in [1.54, 1.807) is 7.05 Å². The van der Waals surface area contributed by atoms with Gasteiger partial charge in [-0.15, -0.1) is 0 Å². The standard InChI is InChI=1S/C7H7N2O.3C4H9.Sn/c1-8-7(10)6-2-4-9-5-3-6;3*1-3-4-2;/h2-4H,1H3,(H,8,10);3*1,3-4H2,2H3;. The van der Waals surface area contributed by atoms with Crippen LogP contribution in [0.1, 0.15) is 69.7 Å². The molecule has 0 aliphatic carbocycles. The van der Waals surface area contributed by atoms with E-state index < -0.39 is 18.4 Å². The van der Waals surface area contributed by atoms with Crippen LogP contribution >= 0.6 is 0 Å². The molecule has 3 nitrogen and oxygen atoms in total. The van der Waals surface area contributed by atoms with Gasteiger partial charge < -0.3 is 0 Å². The molecule has 1 rings (SSSR count). The number of nitrogens with one attached hydrogen (secondary N) is 1. The molecular weight excluding hydrogens is 391 g/mol. The summed E-state index contributed by atoms with van der Waals surface area (Å²) in [7, 11) is 1.70. The first kappa shape index (κ1) is 20.5. The van der Waals surface area contributed by atoms with Crippen molar-refractivity contribution in [3.8, 4) is 0 Å². The summed E-state index contributed by atoms with van der Waals surface area (Å²) in [6.45, 7) is 6.85. The molecule has 130 valence electrons. The Morgan fingerprint density at radius 3 is 2.00 bits per heavy atom. The van der Waals surface area contributed by atoms with E-state index in [4.69, 9.17) is 4.98 Å². The summed E-state index contributed by atoms with van der Waals surface area (Å²) in [5.74, 6) is 0.00955. The van der Waals surface area contributed by atoms with Gasteiger partial charge in [0.25, 0.3) is 0 Å². The summed E-state index contributed by atoms with van der Waals surface area (Å²) < 4.78 is 5.48. The van der Waals surface area contributed by atoms with Gasteiger partial charge in [0.2, 0.25) is 0 Å². The summed E-state index contributed by atoms with van der Waals surface area (Å²) in [4.78, 5) is 16.8. The fourth-order valence-corrected chi connectivity index (χ4v) is 18.8. The molecule has 0 atom stereocenters. The molecule has 0 unspecified atom stereocenters. The maximum absolute atomic E-state index is 12.0. The van der Waals surface area contributed by atoms with Crippen molar-refractivity contribution >= 4 is 28.0 Å². The van der Waals surface area contributed by atoms with Crippen molar-refractivity contribution in [2.75, 3.05) is 7.05 Å². The van der Waals surface area contributed by atoms with E-state index in [0.29, 0.717) is 0 Å². The van der Waals surface area contributed by atoms with Gasteiger partial charge in [-0.25, -0.2) is 0 Å². The van der Waals surface area contributed by atoms with Crippen molar-refractivity contribution < 1.29 is 4.79 Å². The molecule has 0 radical (unpaired) electrons. The van der Waals surface area contributed by atoms with Gasteiger partial charge in [0.15, 0.2) is 0 Å². The number of aromatic nitrogens is 1. The minimum absolute atomic E-state index is 0.00955. The molecule has 0 aliphatic rings. The molecule has 0 fully saturated rings. The van der Waals surface area contributed by atoms with Gasteiger partial charge in [-0.1, -0.05) is 0 Å². The molecular formula is C19H34N2OSn. The fraction of sp³-hybridized carbons (Fsp3) is 0.684. The van der Waals surface area contributed by atoms with E-state index in [1.807, 2.05) is 12.3 Å². The van der Waals surface area contributed by atoms with Gasteiger partial charge in [0, 0.05) is 0 Å². The first-order chi connectivity index (χ1) is 11.1. The van der Waals surface area contributed by atoms with Crippen LogP contribution in [0.5, 0.6) is 0 Å². The average Bonchev–Trinajstić information content (AvgIpc) is 2.61. The molecule has 1 N–H and O–H groups in total. The molecule has 0 aromatic carbocycles. The topological polar surface area (TPSA) is 42.0 Å². The zero-order valence-electron chi connectivity index (χ0n) is 15.5. The molecule has 0 saturated carbocycles. The quantitative estimate of drug-likeness (QED) is 0.531. The van der Waals surface area contributed by atoms with Crippen molar-refractivity contribution in [3.63, 3.8) is 0 Å². The van der Waals surface area contributed by atoms with Gasteiger partial charge in [-0.3, -0.25) is 0 Å². The van der Waals surface area contributed by atoms with Crippen LogP contribution in [0, 0.1) is 0 Å². The number of amides is 1. The van der Waals surface area contributed by atoms with Crippen LogP contribution in [0.15, 0.2) is 18.3 Å². The summed E-state index contributed by atoms with van der Waals surface area (Å²) in [6, 6.07) is 3.97. The van der Waals surface area contributed by atoms with Gasteiger partial charge in [0.05, 0.1) is 0 Å². The van der Waals surface area contributed by atoms with Crippen molar-refractivity contribution in [1.82, 2.24) is 10.3 Å². The Kier molecular flexibility index (Phi) is 9.84. The third-order valence-corrected chi connectivity index (χ3v) is 19.9. The number of carbonyl (C=O) groups excluding carboxylic acids is 1. The van der Waals surface area contributed by atoms with Crippen LogP contribution in [0.3, 0.4) is 0 Å². The number of carbonyl (C=O) groups is 1. The summed E-state index contributed by atoms with van der Waals surface area (Å²) in [5.41, 5.74) is 0.781. The van der Waals surface area contributed by atoms with Gasteiger partial charge in [0.1, 0.15) is 0 Å². The van der Waals surface area contributed by atoms with Crippen molar-refractivity contribution in [3.05, 3.63) is 23.9 Å². The van der Waals surface area contributed by atoms with Crippen molar-refractivity contribution in [1.29, 1.82) is 0 Å². The fourth-order valence-electron chi connectivity index (χ4n) is 3.31. The Labute approximate surface area is 146 Å². The Morgan fingerprint density at radius 2 is 1.57 bits per heavy atom. The Balaban J connectivity index is 3.20. The molecule has 23 heavy (non-hydrogen) atoms. The van der Waals surface area contributed by atoms with E-state index in [1.165, 1.54) is 55.5 Å². The third-order valence-electron chi connectivity index (χ3n) is 4.82. The Morgan fingerprint density at radius 1 is 1.04 bits per heavy atom. The van der Waals surface area contributed by atoms with E-state index >= 15 is 0 Å². The summed E-state index contributed by atoms with van der Waals surface area (Å²) in [5, 5.41) is 2.75. The maximum atomic E-state index is 12.0. The third kappa shape index (κ3) is 6.09. The van der Waals surface area contributed by atoms with Crippen LogP contribution in [-0.2, 0) is 0 Å². The molecule has 0 saturated heterocycles. The first-order valence-electron chi connectivity index (χ1n) is 9.32. The monoisotopic (exact) mass is 426 g/mol. The molecule has 4 heteroatoms. The molecule has 0 spiro atoms. The summed E-state index contributed by atoms with van der Waals surface area (Å²) >= 11 is -2.51. The van der Waals surface area contributed by atoms with Crippen LogP contribution in [0.4, 0.5) is 0 Å². The minimum atomic E-state index is -2.51. The number of nitrogens with zero attached hydrogens (tertiary/aromatic N) is 1. The molecule has 0 bridgehead atoms. The normalized spacial score (nSPS) is 11.5. The van der Waals surface area contributed by atoms with E-state index in [-0.39, 0.29) is 5.91 Å². The predicted octanol–water partition coefficient (Wildman–Crippen LogP) is 4.50. The second kappa shape index (κ2) is 11.1. The molecule has 1 aromatic rings. The van der Waals surface area contributed by atoms with Crippen LogP contribution < -0.4 is 9.03 Å². The number of rotatable bonds is 11. The predicted molar refractivity (Wildman–Crippen MR) is 102 cm³/mol. The van der Waals surface area contributed by atoms with Crippen molar-refractivity contribution in [2.45, 2.75) is 72.6 Å². The SMILES string of the molecule is CCC[CH2][Sn]([CH2]CCC)([CH2]CCC)[c]1cc(C(=O)NC)ccn1. The average molecular weight is 425 g/mol. The number of hydrogen-bond donors (Lipinski definition) is 1. The molecule has 1 aromatic heterocycles. The number of pyridine rings is 1. The van der Waals surface area contributed by atoms with E-state index in [2.05, 4.69) is 32.2 Å². The van der Waals surface area contributed by atoms with Crippen LogP contribution in [0.25, 0.3) is 0 Å². The zero-order chi connectivity index (χ0) is 17.1. The van der Waals surface area contributed by atoms with Crippen LogP contribution in [0.2, 0.25) is 13.3 Å². The van der Waals surface area contributed by atoms with E-state index in [9.17, 15) is 4.79 Å². The second-order valence-electron chi connectivity index (χ2n) is 6.60. The van der Waals surface area contributed by atoms with Crippen molar-refractivity contribution in [2.24, 2.45) is 0 Å². The molecule has 0 aliphatic heterocycles. The Hall–Kier alpha value is -0.581. The number of unbranched alkanes of at least 4 members (excludes halogenated alkanes) is 3. The van der Waals surface area contributed by atoms with Gasteiger partial charge in [-0.2, -0.15) is 0 Å². The molecule has 1 amide bonds. The number of hydrogen-bond acceptors (Lipinski definition) is 2. The van der Waals surface area contributed by atoms with E-state index in [0.717, 1.165) is 5.56 Å². The van der Waals surface area contributed by atoms with Crippen LogP contribution in [-0.4, -0.2) is 36.3 Å².